The Hall–Kier alpha value is -1.40. The van der Waals surface area contributed by atoms with Crippen LogP contribution < -0.4 is 0 Å². The first-order chi connectivity index (χ1) is 5.90. The maximum atomic E-state index is 9.91. The number of carbonyl (C=O) groups excluding carboxylic acids is 1. The minimum Gasteiger partial charge on any atom is -0.211 e. The lowest BCUT2D eigenvalue weighted by atomic mass is 10.1. The van der Waals surface area contributed by atoms with Crippen LogP contribution in [0.3, 0.4) is 0 Å². The van der Waals surface area contributed by atoms with Gasteiger partial charge in [-0.3, -0.25) is 0 Å². The number of nitrogens with zero attached hydrogens (tertiary/aromatic N) is 1. The Bertz CT molecular complexity index is 318. The van der Waals surface area contributed by atoms with Crippen LogP contribution in [-0.4, -0.2) is 6.08 Å². The molecule has 2 nitrogen and oxygen atoms in total. The first-order valence-electron chi connectivity index (χ1n) is 4.08. The Kier molecular flexibility index (Phi) is 1.77. The zero-order chi connectivity index (χ0) is 8.39. The van der Waals surface area contributed by atoms with E-state index in [4.69, 9.17) is 0 Å². The number of aliphatic imine (C=N–C) groups is 1. The highest BCUT2D eigenvalue weighted by atomic mass is 16.1. The first kappa shape index (κ1) is 7.26. The molecule has 0 saturated heterocycles. The molecule has 0 atom stereocenters. The van der Waals surface area contributed by atoms with Crippen LogP contribution in [0.5, 0.6) is 0 Å². The molecule has 0 radical (unpaired) electrons. The van der Waals surface area contributed by atoms with Crippen LogP contribution in [0.1, 0.15) is 24.3 Å². The molecule has 2 heteroatoms. The van der Waals surface area contributed by atoms with Crippen LogP contribution in [0.4, 0.5) is 5.69 Å². The van der Waals surface area contributed by atoms with Crippen molar-refractivity contribution in [2.75, 3.05) is 0 Å². The lowest BCUT2D eigenvalue weighted by Crippen LogP contribution is -1.75. The number of hydrogen-bond acceptors (Lipinski definition) is 2. The molecule has 0 spiro atoms. The van der Waals surface area contributed by atoms with Crippen LogP contribution in [0.25, 0.3) is 0 Å². The van der Waals surface area contributed by atoms with Gasteiger partial charge in [0.05, 0.1) is 5.69 Å². The van der Waals surface area contributed by atoms with Crippen molar-refractivity contribution in [3.8, 4) is 0 Å². The summed E-state index contributed by atoms with van der Waals surface area (Å²) in [5.74, 6) is 0.763. The van der Waals surface area contributed by atoms with E-state index in [9.17, 15) is 4.79 Å². The molecule has 12 heavy (non-hydrogen) atoms. The highest BCUT2D eigenvalue weighted by Gasteiger charge is 2.22. The van der Waals surface area contributed by atoms with Gasteiger partial charge in [0, 0.05) is 0 Å². The normalized spacial score (nSPS) is 15.3. The molecule has 1 aromatic rings. The van der Waals surface area contributed by atoms with E-state index in [-0.39, 0.29) is 0 Å². The molecule has 1 aromatic carbocycles. The average Bonchev–Trinajstić information content (AvgIpc) is 2.89. The molecule has 1 saturated carbocycles. The minimum absolute atomic E-state index is 0.689. The largest absolute Gasteiger partial charge is 0.240 e. The van der Waals surface area contributed by atoms with E-state index >= 15 is 0 Å². The second kappa shape index (κ2) is 2.92. The van der Waals surface area contributed by atoms with E-state index in [1.54, 1.807) is 0 Å². The molecule has 0 unspecified atom stereocenters. The Morgan fingerprint density at radius 3 is 2.42 bits per heavy atom. The fraction of sp³-hybridized carbons (Fsp3) is 0.300. The minimum atomic E-state index is 0.689. The van der Waals surface area contributed by atoms with Crippen molar-refractivity contribution < 1.29 is 4.79 Å². The molecule has 0 amide bonds. The number of hydrogen-bond donors (Lipinski definition) is 0. The molecule has 0 heterocycles. The first-order valence-corrected chi connectivity index (χ1v) is 4.08. The van der Waals surface area contributed by atoms with Gasteiger partial charge in [0.1, 0.15) is 0 Å². The van der Waals surface area contributed by atoms with Gasteiger partial charge in [-0.25, -0.2) is 4.79 Å². The van der Waals surface area contributed by atoms with E-state index in [2.05, 4.69) is 4.99 Å². The molecule has 0 bridgehead atoms. The zero-order valence-electron chi connectivity index (χ0n) is 6.66. The Morgan fingerprint density at radius 2 is 1.92 bits per heavy atom. The molecule has 2 rings (SSSR count). The quantitative estimate of drug-likeness (QED) is 0.481. The molecular weight excluding hydrogens is 150 g/mol. The van der Waals surface area contributed by atoms with Crippen molar-refractivity contribution in [2.45, 2.75) is 18.8 Å². The van der Waals surface area contributed by atoms with Gasteiger partial charge in [-0.2, -0.15) is 4.99 Å². The predicted octanol–water partition coefficient (Wildman–Crippen LogP) is 2.53. The van der Waals surface area contributed by atoms with E-state index in [0.29, 0.717) is 5.69 Å². The standard InChI is InChI=1S/C10H9NO/c12-7-11-10-5-3-9(4-6-10)8-1-2-8/h3-6,8H,1-2H2. The Balaban J connectivity index is 2.23. The van der Waals surface area contributed by atoms with Gasteiger partial charge < -0.3 is 0 Å². The molecule has 0 N–H and O–H groups in total. The third kappa shape index (κ3) is 1.44. The lowest BCUT2D eigenvalue weighted by Gasteiger charge is -1.95. The summed E-state index contributed by atoms with van der Waals surface area (Å²) < 4.78 is 0. The van der Waals surface area contributed by atoms with E-state index < -0.39 is 0 Å². The summed E-state index contributed by atoms with van der Waals surface area (Å²) in [6.45, 7) is 0. The van der Waals surface area contributed by atoms with Crippen LogP contribution >= 0.6 is 0 Å². The van der Waals surface area contributed by atoms with Crippen molar-refractivity contribution in [3.05, 3.63) is 29.8 Å². The Labute approximate surface area is 70.9 Å². The molecule has 1 aliphatic carbocycles. The lowest BCUT2D eigenvalue weighted by molar-refractivity contribution is 0.565. The van der Waals surface area contributed by atoms with Crippen LogP contribution in [-0.2, 0) is 4.79 Å². The molecule has 0 aliphatic heterocycles. The highest BCUT2D eigenvalue weighted by Crippen LogP contribution is 2.40. The van der Waals surface area contributed by atoms with Gasteiger partial charge in [-0.05, 0) is 36.5 Å². The van der Waals surface area contributed by atoms with Gasteiger partial charge in [0.15, 0.2) is 0 Å². The summed E-state index contributed by atoms with van der Waals surface area (Å²) in [6, 6.07) is 7.79. The number of rotatable bonds is 2. The fourth-order valence-electron chi connectivity index (χ4n) is 1.29. The second-order valence-corrected chi connectivity index (χ2v) is 3.07. The SMILES string of the molecule is O=C=Nc1ccc(C2CC2)cc1. The maximum Gasteiger partial charge on any atom is 0.240 e. The average molecular weight is 159 g/mol. The summed E-state index contributed by atoms with van der Waals surface area (Å²) in [7, 11) is 0. The van der Waals surface area contributed by atoms with Crippen LogP contribution in [0, 0.1) is 0 Å². The van der Waals surface area contributed by atoms with Gasteiger partial charge in [0.2, 0.25) is 6.08 Å². The topological polar surface area (TPSA) is 29.4 Å². The summed E-state index contributed by atoms with van der Waals surface area (Å²) in [6.07, 6.45) is 4.13. The van der Waals surface area contributed by atoms with Crippen LogP contribution in [0.2, 0.25) is 0 Å². The number of benzene rings is 1. The van der Waals surface area contributed by atoms with Gasteiger partial charge in [-0.15, -0.1) is 0 Å². The molecule has 1 aliphatic rings. The molecule has 0 aromatic heterocycles. The van der Waals surface area contributed by atoms with E-state index in [1.807, 2.05) is 24.3 Å². The second-order valence-electron chi connectivity index (χ2n) is 3.07. The van der Waals surface area contributed by atoms with Crippen LogP contribution in [0.15, 0.2) is 29.3 Å². The summed E-state index contributed by atoms with van der Waals surface area (Å²) in [5, 5.41) is 0. The van der Waals surface area contributed by atoms with Gasteiger partial charge >= 0.3 is 0 Å². The predicted molar refractivity (Wildman–Crippen MR) is 46.2 cm³/mol. The molecule has 1 fully saturated rings. The molecular formula is C10H9NO. The van der Waals surface area contributed by atoms with Crippen molar-refractivity contribution >= 4 is 11.8 Å². The number of isocyanates is 1. The van der Waals surface area contributed by atoms with E-state index in [0.717, 1.165) is 5.92 Å². The smallest absolute Gasteiger partial charge is 0.211 e. The molecule has 60 valence electrons. The maximum absolute atomic E-state index is 9.91. The fourth-order valence-corrected chi connectivity index (χ4v) is 1.29. The third-order valence-corrected chi connectivity index (χ3v) is 2.12. The monoisotopic (exact) mass is 159 g/mol. The summed E-state index contributed by atoms with van der Waals surface area (Å²) >= 11 is 0. The van der Waals surface area contributed by atoms with Crippen molar-refractivity contribution in [1.29, 1.82) is 0 Å². The summed E-state index contributed by atoms with van der Waals surface area (Å²) in [5.41, 5.74) is 2.05. The highest BCUT2D eigenvalue weighted by molar-refractivity contribution is 5.49. The zero-order valence-corrected chi connectivity index (χ0v) is 6.66. The van der Waals surface area contributed by atoms with Gasteiger partial charge in [-0.1, -0.05) is 12.1 Å². The van der Waals surface area contributed by atoms with Crippen molar-refractivity contribution in [3.63, 3.8) is 0 Å². The van der Waals surface area contributed by atoms with Crippen molar-refractivity contribution in [2.24, 2.45) is 4.99 Å². The Morgan fingerprint density at radius 1 is 1.25 bits per heavy atom. The summed E-state index contributed by atoms with van der Waals surface area (Å²) in [4.78, 5) is 13.4. The van der Waals surface area contributed by atoms with Crippen molar-refractivity contribution in [1.82, 2.24) is 0 Å². The van der Waals surface area contributed by atoms with Gasteiger partial charge in [0.25, 0.3) is 0 Å². The third-order valence-electron chi connectivity index (χ3n) is 2.12. The van der Waals surface area contributed by atoms with E-state index in [1.165, 1.54) is 24.5 Å².